The molecule has 118 valence electrons. The number of ether oxygens (including phenoxy) is 1. The highest BCUT2D eigenvalue weighted by atomic mass is 19.1. The second-order valence-electron chi connectivity index (χ2n) is 6.24. The van der Waals surface area contributed by atoms with Crippen molar-refractivity contribution in [2.24, 2.45) is 5.92 Å². The van der Waals surface area contributed by atoms with Crippen molar-refractivity contribution in [3.8, 4) is 0 Å². The molecule has 1 aliphatic rings. The number of benzene rings is 1. The van der Waals surface area contributed by atoms with Gasteiger partial charge in [0.25, 0.3) is 0 Å². The van der Waals surface area contributed by atoms with Crippen LogP contribution < -0.4 is 10.2 Å². The number of halogens is 1. The summed E-state index contributed by atoms with van der Waals surface area (Å²) in [5.41, 5.74) is 1.77. The minimum absolute atomic E-state index is 0.137. The summed E-state index contributed by atoms with van der Waals surface area (Å²) in [5, 5.41) is 3.48. The minimum Gasteiger partial charge on any atom is -0.383 e. The third-order valence-electron chi connectivity index (χ3n) is 3.70. The lowest BCUT2D eigenvalue weighted by Crippen LogP contribution is -2.33. The van der Waals surface area contributed by atoms with Crippen LogP contribution in [0.25, 0.3) is 0 Å². The number of rotatable bonds is 9. The Hall–Kier alpha value is -1.13. The lowest BCUT2D eigenvalue weighted by molar-refractivity contribution is 0.204. The first kappa shape index (κ1) is 16.2. The average molecular weight is 294 g/mol. The summed E-state index contributed by atoms with van der Waals surface area (Å²) in [6.07, 6.45) is 2.48. The van der Waals surface area contributed by atoms with Crippen molar-refractivity contribution >= 4 is 5.69 Å². The van der Waals surface area contributed by atoms with Crippen molar-refractivity contribution in [2.75, 3.05) is 31.7 Å². The van der Waals surface area contributed by atoms with Crippen molar-refractivity contribution < 1.29 is 9.13 Å². The smallest absolute Gasteiger partial charge is 0.146 e. The molecule has 1 aromatic rings. The molecule has 4 heteroatoms. The zero-order valence-corrected chi connectivity index (χ0v) is 13.4. The van der Waals surface area contributed by atoms with E-state index in [1.807, 2.05) is 6.07 Å². The second kappa shape index (κ2) is 7.76. The van der Waals surface area contributed by atoms with E-state index in [-0.39, 0.29) is 5.82 Å². The van der Waals surface area contributed by atoms with Gasteiger partial charge in [-0.2, -0.15) is 0 Å². The van der Waals surface area contributed by atoms with E-state index in [0.717, 1.165) is 24.3 Å². The summed E-state index contributed by atoms with van der Waals surface area (Å²) in [6, 6.07) is 6.00. The van der Waals surface area contributed by atoms with E-state index < -0.39 is 0 Å². The van der Waals surface area contributed by atoms with Crippen molar-refractivity contribution in [3.63, 3.8) is 0 Å². The highest BCUT2D eigenvalue weighted by Gasteiger charge is 2.22. The Labute approximate surface area is 127 Å². The number of hydrogen-bond acceptors (Lipinski definition) is 3. The topological polar surface area (TPSA) is 24.5 Å². The van der Waals surface area contributed by atoms with Crippen LogP contribution in [0, 0.1) is 11.7 Å². The van der Waals surface area contributed by atoms with E-state index in [1.165, 1.54) is 12.8 Å². The number of nitrogens with one attached hydrogen (secondary N) is 1. The minimum atomic E-state index is -0.137. The number of methoxy groups -OCH3 is 1. The van der Waals surface area contributed by atoms with Crippen LogP contribution in [-0.2, 0) is 11.3 Å². The molecule has 1 saturated carbocycles. The van der Waals surface area contributed by atoms with Gasteiger partial charge in [-0.25, -0.2) is 4.39 Å². The molecule has 1 aromatic carbocycles. The molecule has 0 unspecified atom stereocenters. The van der Waals surface area contributed by atoms with Gasteiger partial charge in [0.05, 0.1) is 12.3 Å². The van der Waals surface area contributed by atoms with Gasteiger partial charge in [-0.05, 0) is 30.4 Å². The maximum absolute atomic E-state index is 14.4. The van der Waals surface area contributed by atoms with Crippen molar-refractivity contribution in [1.82, 2.24) is 5.32 Å². The predicted octanol–water partition coefficient (Wildman–Crippen LogP) is 3.19. The molecule has 0 spiro atoms. The van der Waals surface area contributed by atoms with Crippen LogP contribution in [0.2, 0.25) is 0 Å². The molecule has 1 fully saturated rings. The van der Waals surface area contributed by atoms with Gasteiger partial charge in [-0.1, -0.05) is 26.0 Å². The molecule has 1 N–H and O–H groups in total. The first-order valence-corrected chi connectivity index (χ1v) is 7.86. The molecule has 3 nitrogen and oxygen atoms in total. The van der Waals surface area contributed by atoms with Crippen LogP contribution in [-0.4, -0.2) is 32.8 Å². The van der Waals surface area contributed by atoms with Crippen LogP contribution in [0.5, 0.6) is 0 Å². The van der Waals surface area contributed by atoms with Crippen molar-refractivity contribution in [1.29, 1.82) is 0 Å². The van der Waals surface area contributed by atoms with Gasteiger partial charge in [-0.3, -0.25) is 0 Å². The lowest BCUT2D eigenvalue weighted by Gasteiger charge is -2.29. The van der Waals surface area contributed by atoms with E-state index in [9.17, 15) is 4.39 Å². The quantitative estimate of drug-likeness (QED) is 0.757. The maximum atomic E-state index is 14.4. The largest absolute Gasteiger partial charge is 0.383 e. The fraction of sp³-hybridized carbons (Fsp3) is 0.647. The molecule has 0 aromatic heterocycles. The van der Waals surface area contributed by atoms with Crippen LogP contribution >= 0.6 is 0 Å². The summed E-state index contributed by atoms with van der Waals surface area (Å²) < 4.78 is 19.6. The van der Waals surface area contributed by atoms with Gasteiger partial charge in [-0.15, -0.1) is 0 Å². The second-order valence-corrected chi connectivity index (χ2v) is 6.24. The van der Waals surface area contributed by atoms with Gasteiger partial charge in [0, 0.05) is 32.8 Å². The first-order chi connectivity index (χ1) is 10.1. The van der Waals surface area contributed by atoms with E-state index in [4.69, 9.17) is 4.74 Å². The van der Waals surface area contributed by atoms with Crippen LogP contribution in [0.15, 0.2) is 18.2 Å². The normalized spacial score (nSPS) is 14.7. The van der Waals surface area contributed by atoms with Gasteiger partial charge < -0.3 is 15.0 Å². The highest BCUT2D eigenvalue weighted by molar-refractivity contribution is 5.55. The number of nitrogens with zero attached hydrogens (tertiary/aromatic N) is 1. The van der Waals surface area contributed by atoms with E-state index in [2.05, 4.69) is 24.1 Å². The standard InChI is InChI=1S/C17H27FN2O/c1-13(2)12-20(9-10-21-3)17-14(5-4-6-16(17)18)11-19-15-7-8-15/h4-6,13,15,19H,7-12H2,1-3H3. The maximum Gasteiger partial charge on any atom is 0.146 e. The van der Waals surface area contributed by atoms with Gasteiger partial charge in [0.1, 0.15) is 5.82 Å². The molecule has 0 saturated heterocycles. The molecule has 1 aliphatic carbocycles. The Morgan fingerprint density at radius 3 is 2.76 bits per heavy atom. The summed E-state index contributed by atoms with van der Waals surface area (Å²) in [4.78, 5) is 2.12. The Balaban J connectivity index is 2.18. The molecule has 0 heterocycles. The Morgan fingerprint density at radius 1 is 1.38 bits per heavy atom. The Kier molecular flexibility index (Phi) is 6.00. The summed E-state index contributed by atoms with van der Waals surface area (Å²) >= 11 is 0. The molecular formula is C17H27FN2O. The molecule has 0 bridgehead atoms. The highest BCUT2D eigenvalue weighted by Crippen LogP contribution is 2.27. The molecule has 0 amide bonds. The number of hydrogen-bond donors (Lipinski definition) is 1. The lowest BCUT2D eigenvalue weighted by atomic mass is 10.1. The van der Waals surface area contributed by atoms with Gasteiger partial charge in [0.15, 0.2) is 0 Å². The molecule has 21 heavy (non-hydrogen) atoms. The van der Waals surface area contributed by atoms with Crippen molar-refractivity contribution in [3.05, 3.63) is 29.6 Å². The molecule has 0 aliphatic heterocycles. The van der Waals surface area contributed by atoms with Gasteiger partial charge in [0.2, 0.25) is 0 Å². The zero-order chi connectivity index (χ0) is 15.2. The predicted molar refractivity (Wildman–Crippen MR) is 85.2 cm³/mol. The monoisotopic (exact) mass is 294 g/mol. The van der Waals surface area contributed by atoms with E-state index in [0.29, 0.717) is 25.1 Å². The summed E-state index contributed by atoms with van der Waals surface area (Å²) in [5.74, 6) is 0.340. The number of anilines is 1. The third kappa shape index (κ3) is 4.97. The summed E-state index contributed by atoms with van der Waals surface area (Å²) in [7, 11) is 1.68. The molecular weight excluding hydrogens is 267 g/mol. The molecule has 0 radical (unpaired) electrons. The summed E-state index contributed by atoms with van der Waals surface area (Å²) in [6.45, 7) is 7.20. The first-order valence-electron chi connectivity index (χ1n) is 7.86. The Bertz CT molecular complexity index is 446. The fourth-order valence-corrected chi connectivity index (χ4v) is 2.54. The molecule has 2 rings (SSSR count). The SMILES string of the molecule is COCCN(CC(C)C)c1c(F)cccc1CNC1CC1. The van der Waals surface area contributed by atoms with Crippen LogP contribution in [0.1, 0.15) is 32.3 Å². The van der Waals surface area contributed by atoms with Crippen LogP contribution in [0.4, 0.5) is 10.1 Å². The average Bonchev–Trinajstić information content (AvgIpc) is 3.25. The van der Waals surface area contributed by atoms with E-state index >= 15 is 0 Å². The zero-order valence-electron chi connectivity index (χ0n) is 13.4. The molecule has 0 atom stereocenters. The van der Waals surface area contributed by atoms with Crippen LogP contribution in [0.3, 0.4) is 0 Å². The third-order valence-corrected chi connectivity index (χ3v) is 3.70. The Morgan fingerprint density at radius 2 is 2.14 bits per heavy atom. The van der Waals surface area contributed by atoms with Gasteiger partial charge >= 0.3 is 0 Å². The number of para-hydroxylation sites is 1. The van der Waals surface area contributed by atoms with Crippen molar-refractivity contribution in [2.45, 2.75) is 39.3 Å². The van der Waals surface area contributed by atoms with E-state index in [1.54, 1.807) is 19.2 Å². The fourth-order valence-electron chi connectivity index (χ4n) is 2.54.